The van der Waals surface area contributed by atoms with E-state index >= 15 is 0 Å². The lowest BCUT2D eigenvalue weighted by Gasteiger charge is -2.11. The summed E-state index contributed by atoms with van der Waals surface area (Å²) in [5, 5.41) is 13.0. The fourth-order valence-electron chi connectivity index (χ4n) is 2.56. The van der Waals surface area contributed by atoms with Crippen LogP contribution in [0.3, 0.4) is 0 Å². The number of carbonyl (C=O) groups excluding carboxylic acids is 1. The van der Waals surface area contributed by atoms with E-state index in [1.807, 2.05) is 24.3 Å². The normalized spacial score (nSPS) is 10.9. The van der Waals surface area contributed by atoms with Crippen molar-refractivity contribution in [1.29, 1.82) is 0 Å². The Kier molecular flexibility index (Phi) is 9.67. The molecular formula is C21H21ClN4O4S3. The monoisotopic (exact) mass is 524 g/mol. The predicted molar refractivity (Wildman–Crippen MR) is 133 cm³/mol. The van der Waals surface area contributed by atoms with Crippen LogP contribution in [-0.4, -0.2) is 49.4 Å². The molecule has 33 heavy (non-hydrogen) atoms. The highest BCUT2D eigenvalue weighted by atomic mass is 35.5. The van der Waals surface area contributed by atoms with Gasteiger partial charge in [-0.2, -0.15) is 5.10 Å². The zero-order valence-corrected chi connectivity index (χ0v) is 21.2. The Morgan fingerprint density at radius 1 is 1.06 bits per heavy atom. The Bertz CT molecular complexity index is 1130. The first-order valence-electron chi connectivity index (χ1n) is 9.48. The second-order valence-corrected chi connectivity index (χ2v) is 10.1. The van der Waals surface area contributed by atoms with Gasteiger partial charge >= 0.3 is 0 Å². The second kappa shape index (κ2) is 12.7. The van der Waals surface area contributed by atoms with Crippen molar-refractivity contribution < 1.29 is 19.0 Å². The highest BCUT2D eigenvalue weighted by Gasteiger charge is 2.12. The molecule has 1 amide bonds. The number of methoxy groups -OCH3 is 3. The third kappa shape index (κ3) is 7.26. The van der Waals surface area contributed by atoms with Crippen LogP contribution in [-0.2, 0) is 10.5 Å². The fourth-order valence-corrected chi connectivity index (χ4v) is 5.65. The number of nitrogens with one attached hydrogen (secondary N) is 1. The summed E-state index contributed by atoms with van der Waals surface area (Å²) in [6, 6.07) is 11.1. The van der Waals surface area contributed by atoms with Crippen molar-refractivity contribution in [3.63, 3.8) is 0 Å². The molecule has 12 heteroatoms. The Morgan fingerprint density at radius 2 is 1.73 bits per heavy atom. The standard InChI is InChI=1S/C21H21ClN4O4S3/c1-28-16-9-18(30-3)17(29-2)8-14(16)10-23-24-19(27)12-32-21-26-25-20(33-21)31-11-13-6-4-5-7-15(13)22/h4-10H,11-12H2,1-3H3,(H,24,27). The Labute approximate surface area is 209 Å². The van der Waals surface area contributed by atoms with Gasteiger partial charge in [0.1, 0.15) is 5.75 Å². The molecule has 0 fully saturated rings. The van der Waals surface area contributed by atoms with Crippen molar-refractivity contribution in [2.75, 3.05) is 27.1 Å². The van der Waals surface area contributed by atoms with Crippen LogP contribution < -0.4 is 19.6 Å². The number of halogens is 1. The Morgan fingerprint density at radius 3 is 2.42 bits per heavy atom. The number of amides is 1. The highest BCUT2D eigenvalue weighted by molar-refractivity contribution is 8.03. The number of thioether (sulfide) groups is 2. The highest BCUT2D eigenvalue weighted by Crippen LogP contribution is 2.34. The van der Waals surface area contributed by atoms with Gasteiger partial charge in [0.2, 0.25) is 0 Å². The van der Waals surface area contributed by atoms with E-state index in [0.29, 0.717) is 32.9 Å². The summed E-state index contributed by atoms with van der Waals surface area (Å²) in [7, 11) is 4.62. The summed E-state index contributed by atoms with van der Waals surface area (Å²) in [4.78, 5) is 12.2. The van der Waals surface area contributed by atoms with Crippen molar-refractivity contribution in [3.8, 4) is 17.2 Å². The van der Waals surface area contributed by atoms with E-state index in [2.05, 4.69) is 20.7 Å². The minimum atomic E-state index is -0.267. The van der Waals surface area contributed by atoms with Crippen LogP contribution >= 0.6 is 46.5 Å². The molecule has 3 aromatic rings. The molecule has 0 saturated heterocycles. The molecule has 0 saturated carbocycles. The summed E-state index contributed by atoms with van der Waals surface area (Å²) < 4.78 is 17.4. The summed E-state index contributed by atoms with van der Waals surface area (Å²) in [6.45, 7) is 0. The maximum absolute atomic E-state index is 12.2. The quantitative estimate of drug-likeness (QED) is 0.218. The fraction of sp³-hybridized carbons (Fsp3) is 0.238. The third-order valence-electron chi connectivity index (χ3n) is 4.15. The van der Waals surface area contributed by atoms with Gasteiger partial charge < -0.3 is 14.2 Å². The third-order valence-corrected chi connectivity index (χ3v) is 7.76. The molecule has 3 rings (SSSR count). The number of nitrogens with zero attached hydrogens (tertiary/aromatic N) is 3. The molecule has 0 aliphatic heterocycles. The molecule has 0 spiro atoms. The first-order valence-corrected chi connectivity index (χ1v) is 12.6. The van der Waals surface area contributed by atoms with Crippen molar-refractivity contribution in [1.82, 2.24) is 15.6 Å². The topological polar surface area (TPSA) is 94.9 Å². The van der Waals surface area contributed by atoms with Crippen molar-refractivity contribution in [2.24, 2.45) is 5.10 Å². The molecule has 174 valence electrons. The average Bonchev–Trinajstić information content (AvgIpc) is 3.29. The van der Waals surface area contributed by atoms with Gasteiger partial charge in [-0.3, -0.25) is 4.79 Å². The first kappa shape index (κ1) is 25.2. The molecule has 1 aromatic heterocycles. The van der Waals surface area contributed by atoms with E-state index in [0.717, 1.165) is 14.9 Å². The van der Waals surface area contributed by atoms with Crippen molar-refractivity contribution in [2.45, 2.75) is 14.4 Å². The lowest BCUT2D eigenvalue weighted by atomic mass is 10.2. The van der Waals surface area contributed by atoms with E-state index in [1.165, 1.54) is 36.4 Å². The molecule has 0 atom stereocenters. The van der Waals surface area contributed by atoms with Crippen molar-refractivity contribution >= 4 is 58.6 Å². The van der Waals surface area contributed by atoms with Gasteiger partial charge in [0.05, 0.1) is 33.3 Å². The molecule has 0 bridgehead atoms. The van der Waals surface area contributed by atoms with E-state index < -0.39 is 0 Å². The largest absolute Gasteiger partial charge is 0.496 e. The number of carbonyl (C=O) groups is 1. The molecule has 1 heterocycles. The predicted octanol–water partition coefficient (Wildman–Crippen LogP) is 4.75. The lowest BCUT2D eigenvalue weighted by molar-refractivity contribution is -0.118. The van der Waals surface area contributed by atoms with Crippen LogP contribution in [0.1, 0.15) is 11.1 Å². The number of ether oxygens (including phenoxy) is 3. The summed E-state index contributed by atoms with van der Waals surface area (Å²) >= 11 is 10.5. The van der Waals surface area contributed by atoms with Gasteiger partial charge in [-0.25, -0.2) is 5.43 Å². The summed E-state index contributed by atoms with van der Waals surface area (Å²) in [5.41, 5.74) is 4.17. The number of hydrogen-bond acceptors (Lipinski definition) is 10. The summed E-state index contributed by atoms with van der Waals surface area (Å²) in [5.74, 6) is 2.19. The van der Waals surface area contributed by atoms with Crippen LogP contribution in [0.25, 0.3) is 0 Å². The van der Waals surface area contributed by atoms with Crippen LogP contribution in [0.4, 0.5) is 0 Å². The summed E-state index contributed by atoms with van der Waals surface area (Å²) in [6.07, 6.45) is 1.48. The van der Waals surface area contributed by atoms with Gasteiger partial charge in [-0.05, 0) is 17.7 Å². The minimum absolute atomic E-state index is 0.157. The van der Waals surface area contributed by atoms with Crippen LogP contribution in [0.2, 0.25) is 5.02 Å². The number of hydrazone groups is 1. The van der Waals surface area contributed by atoms with Gasteiger partial charge in [-0.15, -0.1) is 10.2 Å². The number of rotatable bonds is 11. The zero-order chi connectivity index (χ0) is 23.6. The second-order valence-electron chi connectivity index (χ2n) is 6.24. The average molecular weight is 525 g/mol. The molecule has 0 unspecified atom stereocenters. The Hall–Kier alpha value is -2.47. The molecule has 8 nitrogen and oxygen atoms in total. The Balaban J connectivity index is 1.49. The van der Waals surface area contributed by atoms with Gasteiger partial charge in [0.25, 0.3) is 5.91 Å². The molecule has 0 radical (unpaired) electrons. The lowest BCUT2D eigenvalue weighted by Crippen LogP contribution is -2.19. The molecule has 1 N–H and O–H groups in total. The molecular weight excluding hydrogens is 504 g/mol. The minimum Gasteiger partial charge on any atom is -0.496 e. The number of aromatic nitrogens is 2. The van der Waals surface area contributed by atoms with Gasteiger partial charge in [0.15, 0.2) is 20.2 Å². The van der Waals surface area contributed by atoms with Crippen LogP contribution in [0.15, 0.2) is 50.2 Å². The van der Waals surface area contributed by atoms with E-state index in [-0.39, 0.29) is 11.7 Å². The molecule has 0 aliphatic rings. The maximum Gasteiger partial charge on any atom is 0.250 e. The zero-order valence-electron chi connectivity index (χ0n) is 18.0. The number of hydrogen-bond donors (Lipinski definition) is 1. The van der Waals surface area contributed by atoms with E-state index in [1.54, 1.807) is 38.1 Å². The first-order chi connectivity index (χ1) is 16.0. The van der Waals surface area contributed by atoms with Gasteiger partial charge in [-0.1, -0.05) is 64.7 Å². The molecule has 0 aliphatic carbocycles. The van der Waals surface area contributed by atoms with E-state index in [9.17, 15) is 4.79 Å². The number of benzene rings is 2. The van der Waals surface area contributed by atoms with Crippen LogP contribution in [0, 0.1) is 0 Å². The SMILES string of the molecule is COc1cc(OC)c(OC)cc1C=NNC(=O)CSc1nnc(SCc2ccccc2Cl)s1. The maximum atomic E-state index is 12.2. The van der Waals surface area contributed by atoms with Crippen LogP contribution in [0.5, 0.6) is 17.2 Å². The van der Waals surface area contributed by atoms with Crippen molar-refractivity contribution in [3.05, 3.63) is 52.5 Å². The van der Waals surface area contributed by atoms with E-state index in [4.69, 9.17) is 25.8 Å². The molecule has 2 aromatic carbocycles. The smallest absolute Gasteiger partial charge is 0.250 e. The van der Waals surface area contributed by atoms with Gasteiger partial charge in [0, 0.05) is 22.4 Å².